The molecule has 0 saturated heterocycles. The van der Waals surface area contributed by atoms with E-state index in [1.54, 1.807) is 4.57 Å². The van der Waals surface area contributed by atoms with Crippen molar-refractivity contribution >= 4 is 22.9 Å². The molecule has 0 radical (unpaired) electrons. The summed E-state index contributed by atoms with van der Waals surface area (Å²) in [4.78, 5) is 28.3. The smallest absolute Gasteiger partial charge is 0.320 e. The Bertz CT molecular complexity index is 1630. The molecule has 4 aromatic rings. The van der Waals surface area contributed by atoms with Crippen LogP contribution in [0.2, 0.25) is 0 Å². The highest BCUT2D eigenvalue weighted by molar-refractivity contribution is 5.83. The summed E-state index contributed by atoms with van der Waals surface area (Å²) >= 11 is 0. The molecule has 1 saturated carbocycles. The van der Waals surface area contributed by atoms with E-state index >= 15 is 0 Å². The molecule has 254 valence electrons. The molecule has 0 aliphatic heterocycles. The van der Waals surface area contributed by atoms with Crippen LogP contribution in [0.4, 0.5) is 5.82 Å². The van der Waals surface area contributed by atoms with Crippen LogP contribution in [0, 0.1) is 5.92 Å². The molecule has 3 aromatic heterocycles. The normalized spacial score (nSPS) is 14.3. The molecule has 5 N–H and O–H groups in total. The lowest BCUT2D eigenvalue weighted by atomic mass is 9.90. The number of nitrogens with zero attached hydrogens (tertiary/aromatic N) is 7. The lowest BCUT2D eigenvalue weighted by Crippen LogP contribution is -2.48. The number of carbonyl (C=O) groups is 1. The first kappa shape index (κ1) is 34.1. The van der Waals surface area contributed by atoms with Gasteiger partial charge in [0.05, 0.1) is 43.5 Å². The lowest BCUT2D eigenvalue weighted by molar-refractivity contribution is -0.143. The van der Waals surface area contributed by atoms with Crippen molar-refractivity contribution < 1.29 is 19.4 Å². The number of rotatable bonds is 17. The summed E-state index contributed by atoms with van der Waals surface area (Å²) < 4.78 is 15.2. The number of nitrogens with two attached hydrogens (primary N) is 2. The molecule has 1 amide bonds. The van der Waals surface area contributed by atoms with Gasteiger partial charge in [-0.25, -0.2) is 0 Å². The van der Waals surface area contributed by atoms with E-state index in [0.29, 0.717) is 50.6 Å². The minimum absolute atomic E-state index is 0.132. The highest BCUT2D eigenvalue weighted by Crippen LogP contribution is 2.28. The summed E-state index contributed by atoms with van der Waals surface area (Å²) in [7, 11) is 0. The van der Waals surface area contributed by atoms with E-state index in [0.717, 1.165) is 55.3 Å². The molecular formula is C34H49N9O4. The van der Waals surface area contributed by atoms with E-state index < -0.39 is 0 Å². The summed E-state index contributed by atoms with van der Waals surface area (Å²) in [6.07, 6.45) is 7.78. The molecule has 13 nitrogen and oxygen atoms in total. The average molecular weight is 648 g/mol. The first-order valence-corrected chi connectivity index (χ1v) is 16.7. The number of aromatic hydroxyl groups is 1. The Labute approximate surface area is 276 Å². The summed E-state index contributed by atoms with van der Waals surface area (Å²) in [5, 5.41) is 15.4. The van der Waals surface area contributed by atoms with Gasteiger partial charge in [0.25, 0.3) is 6.01 Å². The molecular weight excluding hydrogens is 598 g/mol. The number of benzene rings is 1. The second-order valence-electron chi connectivity index (χ2n) is 13.1. The van der Waals surface area contributed by atoms with E-state index in [4.69, 9.17) is 26.0 Å². The number of hydrogen-bond acceptors (Lipinski definition) is 10. The molecule has 1 atom stereocenters. The molecule has 13 heteroatoms. The van der Waals surface area contributed by atoms with Crippen molar-refractivity contribution in [2.45, 2.75) is 91.0 Å². The van der Waals surface area contributed by atoms with Gasteiger partial charge in [-0.1, -0.05) is 44.5 Å². The van der Waals surface area contributed by atoms with Gasteiger partial charge in [0.15, 0.2) is 17.0 Å². The zero-order valence-corrected chi connectivity index (χ0v) is 28.1. The minimum atomic E-state index is -0.347. The van der Waals surface area contributed by atoms with Crippen LogP contribution in [0.15, 0.2) is 36.5 Å². The molecule has 47 heavy (non-hydrogen) atoms. The average Bonchev–Trinajstić information content (AvgIpc) is 3.62. The van der Waals surface area contributed by atoms with E-state index in [2.05, 4.69) is 21.9 Å². The zero-order chi connectivity index (χ0) is 33.6. The maximum absolute atomic E-state index is 13.5. The van der Waals surface area contributed by atoms with Gasteiger partial charge in [-0.2, -0.15) is 20.1 Å². The van der Waals surface area contributed by atoms with Crippen molar-refractivity contribution in [2.75, 3.05) is 32.0 Å². The fourth-order valence-electron chi connectivity index (χ4n) is 5.62. The number of amides is 1. The molecule has 1 aliphatic rings. The molecule has 1 fully saturated rings. The zero-order valence-electron chi connectivity index (χ0n) is 28.1. The van der Waals surface area contributed by atoms with Crippen LogP contribution in [-0.2, 0) is 22.6 Å². The van der Waals surface area contributed by atoms with Gasteiger partial charge in [-0.05, 0) is 64.1 Å². The Morgan fingerprint density at radius 3 is 2.62 bits per heavy atom. The number of unbranched alkanes of at least 4 members (excludes halogenated alkanes) is 1. The summed E-state index contributed by atoms with van der Waals surface area (Å²) in [6, 6.07) is 10.2. The molecule has 1 aromatic carbocycles. The largest absolute Gasteiger partial charge is 0.480 e. The fraction of sp³-hybridized carbons (Fsp3) is 0.559. The second kappa shape index (κ2) is 15.1. The Hall–Kier alpha value is -4.23. The van der Waals surface area contributed by atoms with Crippen molar-refractivity contribution in [3.63, 3.8) is 0 Å². The number of carbonyl (C=O) groups excluding carboxylic acids is 1. The molecule has 0 bridgehead atoms. The number of anilines is 1. The topological polar surface area (TPSA) is 172 Å². The third kappa shape index (κ3) is 8.38. The van der Waals surface area contributed by atoms with Crippen LogP contribution < -0.4 is 16.2 Å². The van der Waals surface area contributed by atoms with Crippen LogP contribution in [-0.4, -0.2) is 83.2 Å². The Kier molecular flexibility index (Phi) is 11.0. The van der Waals surface area contributed by atoms with Gasteiger partial charge < -0.3 is 30.9 Å². The van der Waals surface area contributed by atoms with Crippen molar-refractivity contribution in [1.82, 2.24) is 34.2 Å². The molecule has 0 spiro atoms. The van der Waals surface area contributed by atoms with Crippen molar-refractivity contribution in [1.29, 1.82) is 0 Å². The fourth-order valence-corrected chi connectivity index (χ4v) is 5.62. The van der Waals surface area contributed by atoms with Crippen LogP contribution in [0.1, 0.15) is 71.8 Å². The maximum atomic E-state index is 13.5. The highest BCUT2D eigenvalue weighted by Gasteiger charge is 2.32. The van der Waals surface area contributed by atoms with E-state index in [1.807, 2.05) is 66.9 Å². The molecule has 5 rings (SSSR count). The molecule has 1 unspecified atom stereocenters. The van der Waals surface area contributed by atoms with Gasteiger partial charge in [0, 0.05) is 24.3 Å². The van der Waals surface area contributed by atoms with Crippen LogP contribution >= 0.6 is 0 Å². The lowest BCUT2D eigenvalue weighted by Gasteiger charge is -2.39. The number of aromatic nitrogens is 6. The maximum Gasteiger partial charge on any atom is 0.320 e. The predicted molar refractivity (Wildman–Crippen MR) is 181 cm³/mol. The van der Waals surface area contributed by atoms with Gasteiger partial charge in [0.2, 0.25) is 5.91 Å². The minimum Gasteiger partial charge on any atom is -0.480 e. The summed E-state index contributed by atoms with van der Waals surface area (Å²) in [5.74, 6) is 0.0624. The molecule has 3 heterocycles. The highest BCUT2D eigenvalue weighted by atomic mass is 16.5. The van der Waals surface area contributed by atoms with Crippen LogP contribution in [0.25, 0.3) is 22.4 Å². The van der Waals surface area contributed by atoms with Gasteiger partial charge in [0.1, 0.15) is 0 Å². The van der Waals surface area contributed by atoms with Crippen molar-refractivity contribution in [3.8, 4) is 23.3 Å². The van der Waals surface area contributed by atoms with Crippen molar-refractivity contribution in [2.24, 2.45) is 11.7 Å². The second-order valence-corrected chi connectivity index (χ2v) is 13.1. The Morgan fingerprint density at radius 1 is 1.17 bits per heavy atom. The number of imidazole rings is 1. The van der Waals surface area contributed by atoms with Gasteiger partial charge in [-0.15, -0.1) is 0 Å². The van der Waals surface area contributed by atoms with Crippen LogP contribution in [0.5, 0.6) is 12.0 Å². The van der Waals surface area contributed by atoms with Gasteiger partial charge in [-0.3, -0.25) is 14.0 Å². The van der Waals surface area contributed by atoms with E-state index in [9.17, 15) is 9.90 Å². The first-order valence-electron chi connectivity index (χ1n) is 16.7. The van der Waals surface area contributed by atoms with E-state index in [-0.39, 0.29) is 41.3 Å². The first-order chi connectivity index (χ1) is 22.6. The number of fused-ring (bicyclic) bond motifs is 1. The third-order valence-electron chi connectivity index (χ3n) is 8.80. The standard InChI is InChI=1S/C34H49N9O4/c1-5-6-20-46-32-38-29(36)28-30(39-32)43(33(45)37-28)21-24-10-12-25(13-11-24)27-14-17-41(40-27)18-19-42(26-8-7-9-26)31(44)23(2)22-47-34(3,4)15-16-35/h10-14,17,23,26H,5-9,15-16,18-22,35H2,1-4H3,(H,37,45)(H2,36,38,39). The van der Waals surface area contributed by atoms with Gasteiger partial charge >= 0.3 is 6.01 Å². The quantitative estimate of drug-likeness (QED) is 0.140. The number of hydrogen-bond donors (Lipinski definition) is 3. The Morgan fingerprint density at radius 2 is 1.94 bits per heavy atom. The third-order valence-corrected chi connectivity index (χ3v) is 8.80. The van der Waals surface area contributed by atoms with Crippen LogP contribution in [0.3, 0.4) is 0 Å². The monoisotopic (exact) mass is 647 g/mol. The Balaban J connectivity index is 1.21. The van der Waals surface area contributed by atoms with Crippen molar-refractivity contribution in [3.05, 3.63) is 42.1 Å². The molecule has 1 aliphatic carbocycles. The number of ether oxygens (including phenoxy) is 2. The summed E-state index contributed by atoms with van der Waals surface area (Å²) in [5.41, 5.74) is 15.0. The number of nitrogen functional groups attached to an aromatic ring is 1. The summed E-state index contributed by atoms with van der Waals surface area (Å²) in [6.45, 7) is 11.0. The van der Waals surface area contributed by atoms with E-state index in [1.165, 1.54) is 0 Å². The predicted octanol–water partition coefficient (Wildman–Crippen LogP) is 4.37. The SMILES string of the molecule is CCCCOc1nc(N)c2nc(O)n(Cc3ccc(-c4ccn(CCN(C(=O)C(C)COC(C)(C)CCN)C5CCC5)n4)cc3)c2n1.